The maximum absolute atomic E-state index is 11.1. The van der Waals surface area contributed by atoms with Crippen molar-refractivity contribution in [2.24, 2.45) is 5.92 Å². The molecule has 0 bridgehead atoms. The van der Waals surface area contributed by atoms with E-state index >= 15 is 0 Å². The third-order valence-electron chi connectivity index (χ3n) is 1.71. The number of amides is 1. The van der Waals surface area contributed by atoms with Crippen LogP contribution >= 0.6 is 0 Å². The second-order valence-electron chi connectivity index (χ2n) is 3.41. The molecule has 1 N–H and O–H groups in total. The number of carbonyl (C=O) groups excluding carboxylic acids is 1. The molecule has 1 amide bonds. The largest absolute Gasteiger partial charge is 0.380 e. The molecule has 0 aliphatic rings. The molecule has 0 aromatic carbocycles. The van der Waals surface area contributed by atoms with Gasteiger partial charge in [0.15, 0.2) is 0 Å². The zero-order valence-electron chi connectivity index (χ0n) is 8.93. The van der Waals surface area contributed by atoms with Crippen molar-refractivity contribution in [1.82, 2.24) is 5.32 Å². The van der Waals surface area contributed by atoms with Gasteiger partial charge >= 0.3 is 0 Å². The molecule has 0 rings (SSSR count). The Morgan fingerprint density at radius 1 is 1.38 bits per heavy atom. The smallest absolute Gasteiger partial charge is 0.222 e. The summed E-state index contributed by atoms with van der Waals surface area (Å²) in [6, 6.07) is 0. The summed E-state index contributed by atoms with van der Waals surface area (Å²) < 4.78 is 5.29. The van der Waals surface area contributed by atoms with Gasteiger partial charge in [-0.3, -0.25) is 4.79 Å². The second kappa shape index (κ2) is 8.05. The minimum absolute atomic E-state index is 0.0654. The SMILES string of the molecule is CCCCOCCNC(=O)C(C)C. The third-order valence-corrected chi connectivity index (χ3v) is 1.71. The van der Waals surface area contributed by atoms with E-state index in [2.05, 4.69) is 12.2 Å². The standard InChI is InChI=1S/C10H21NO2/c1-4-5-7-13-8-6-11-10(12)9(2)3/h9H,4-8H2,1-3H3,(H,11,12). The van der Waals surface area contributed by atoms with E-state index in [-0.39, 0.29) is 11.8 Å². The Morgan fingerprint density at radius 2 is 2.08 bits per heavy atom. The lowest BCUT2D eigenvalue weighted by atomic mass is 10.2. The average molecular weight is 187 g/mol. The molecule has 13 heavy (non-hydrogen) atoms. The molecule has 3 nitrogen and oxygen atoms in total. The van der Waals surface area contributed by atoms with Crippen LogP contribution in [0.1, 0.15) is 33.6 Å². The molecule has 0 unspecified atom stereocenters. The molecule has 0 atom stereocenters. The summed E-state index contributed by atoms with van der Waals surface area (Å²) in [4.78, 5) is 11.1. The second-order valence-corrected chi connectivity index (χ2v) is 3.41. The van der Waals surface area contributed by atoms with Crippen LogP contribution < -0.4 is 5.32 Å². The van der Waals surface area contributed by atoms with E-state index in [1.165, 1.54) is 0 Å². The first-order chi connectivity index (χ1) is 6.18. The van der Waals surface area contributed by atoms with Crippen LogP contribution in [-0.4, -0.2) is 25.7 Å². The summed E-state index contributed by atoms with van der Waals surface area (Å²) in [6.07, 6.45) is 2.25. The maximum Gasteiger partial charge on any atom is 0.222 e. The highest BCUT2D eigenvalue weighted by Gasteiger charge is 2.04. The van der Waals surface area contributed by atoms with Crippen molar-refractivity contribution in [3.8, 4) is 0 Å². The Labute approximate surface area is 80.8 Å². The van der Waals surface area contributed by atoms with Crippen LogP contribution in [0.4, 0.5) is 0 Å². The minimum Gasteiger partial charge on any atom is -0.380 e. The number of unbranched alkanes of at least 4 members (excludes halogenated alkanes) is 1. The van der Waals surface area contributed by atoms with Gasteiger partial charge in [0.25, 0.3) is 0 Å². The van der Waals surface area contributed by atoms with Crippen LogP contribution in [0, 0.1) is 5.92 Å². The van der Waals surface area contributed by atoms with Gasteiger partial charge in [0, 0.05) is 19.1 Å². The Balaban J connectivity index is 3.12. The summed E-state index contributed by atoms with van der Waals surface area (Å²) >= 11 is 0. The summed E-state index contributed by atoms with van der Waals surface area (Å²) in [5.41, 5.74) is 0. The lowest BCUT2D eigenvalue weighted by Crippen LogP contribution is -2.30. The average Bonchev–Trinajstić information content (AvgIpc) is 2.10. The van der Waals surface area contributed by atoms with Crippen LogP contribution in [0.25, 0.3) is 0 Å². The van der Waals surface area contributed by atoms with E-state index in [0.29, 0.717) is 13.2 Å². The van der Waals surface area contributed by atoms with Crippen molar-refractivity contribution in [2.45, 2.75) is 33.6 Å². The van der Waals surface area contributed by atoms with E-state index in [1.54, 1.807) is 0 Å². The Kier molecular flexibility index (Phi) is 7.69. The molecular weight excluding hydrogens is 166 g/mol. The van der Waals surface area contributed by atoms with Gasteiger partial charge in [-0.2, -0.15) is 0 Å². The first kappa shape index (κ1) is 12.4. The normalized spacial score (nSPS) is 10.5. The van der Waals surface area contributed by atoms with Gasteiger partial charge in [-0.1, -0.05) is 27.2 Å². The fourth-order valence-electron chi connectivity index (χ4n) is 0.799. The monoisotopic (exact) mass is 187 g/mol. The van der Waals surface area contributed by atoms with Crippen molar-refractivity contribution in [3.63, 3.8) is 0 Å². The maximum atomic E-state index is 11.1. The van der Waals surface area contributed by atoms with Gasteiger partial charge in [0.1, 0.15) is 0 Å². The predicted molar refractivity (Wildman–Crippen MR) is 53.6 cm³/mol. The molecule has 78 valence electrons. The van der Waals surface area contributed by atoms with Gasteiger partial charge in [-0.15, -0.1) is 0 Å². The highest BCUT2D eigenvalue weighted by atomic mass is 16.5. The molecule has 0 aromatic heterocycles. The Hall–Kier alpha value is -0.570. The molecule has 0 fully saturated rings. The van der Waals surface area contributed by atoms with E-state index in [9.17, 15) is 4.79 Å². The Morgan fingerprint density at radius 3 is 2.62 bits per heavy atom. The van der Waals surface area contributed by atoms with Crippen LogP contribution in [0.15, 0.2) is 0 Å². The Bertz CT molecular complexity index is 135. The molecule has 0 radical (unpaired) electrons. The molecule has 0 spiro atoms. The molecule has 0 heterocycles. The first-order valence-electron chi connectivity index (χ1n) is 5.04. The molecule has 0 aromatic rings. The number of carbonyl (C=O) groups is 1. The molecule has 3 heteroatoms. The van der Waals surface area contributed by atoms with Crippen LogP contribution in [0.2, 0.25) is 0 Å². The van der Waals surface area contributed by atoms with Crippen molar-refractivity contribution < 1.29 is 9.53 Å². The van der Waals surface area contributed by atoms with E-state index in [4.69, 9.17) is 4.74 Å². The van der Waals surface area contributed by atoms with Gasteiger partial charge in [0.2, 0.25) is 5.91 Å². The number of hydrogen-bond acceptors (Lipinski definition) is 2. The van der Waals surface area contributed by atoms with E-state index in [1.807, 2.05) is 13.8 Å². The third kappa shape index (κ3) is 7.78. The topological polar surface area (TPSA) is 38.3 Å². The number of hydrogen-bond donors (Lipinski definition) is 1. The minimum atomic E-state index is 0.0654. The van der Waals surface area contributed by atoms with Crippen LogP contribution in [0.5, 0.6) is 0 Å². The van der Waals surface area contributed by atoms with Crippen molar-refractivity contribution in [3.05, 3.63) is 0 Å². The molecule has 0 aliphatic carbocycles. The lowest BCUT2D eigenvalue weighted by Gasteiger charge is -2.07. The zero-order chi connectivity index (χ0) is 10.1. The van der Waals surface area contributed by atoms with Crippen molar-refractivity contribution in [1.29, 1.82) is 0 Å². The lowest BCUT2D eigenvalue weighted by molar-refractivity contribution is -0.124. The summed E-state index contributed by atoms with van der Waals surface area (Å²) in [6.45, 7) is 7.94. The fraction of sp³-hybridized carbons (Fsp3) is 0.900. The highest BCUT2D eigenvalue weighted by molar-refractivity contribution is 5.77. The van der Waals surface area contributed by atoms with Gasteiger partial charge in [-0.25, -0.2) is 0 Å². The van der Waals surface area contributed by atoms with E-state index < -0.39 is 0 Å². The van der Waals surface area contributed by atoms with E-state index in [0.717, 1.165) is 19.4 Å². The summed E-state index contributed by atoms with van der Waals surface area (Å²) in [7, 11) is 0. The predicted octanol–water partition coefficient (Wildman–Crippen LogP) is 1.58. The van der Waals surface area contributed by atoms with Crippen molar-refractivity contribution in [2.75, 3.05) is 19.8 Å². The zero-order valence-corrected chi connectivity index (χ0v) is 8.93. The summed E-state index contributed by atoms with van der Waals surface area (Å²) in [5.74, 6) is 0.162. The highest BCUT2D eigenvalue weighted by Crippen LogP contribution is 1.90. The van der Waals surface area contributed by atoms with Crippen molar-refractivity contribution >= 4 is 5.91 Å². The number of nitrogens with one attached hydrogen (secondary N) is 1. The van der Waals surface area contributed by atoms with Gasteiger partial charge < -0.3 is 10.1 Å². The van der Waals surface area contributed by atoms with Gasteiger partial charge in [-0.05, 0) is 6.42 Å². The molecule has 0 saturated carbocycles. The molecule has 0 saturated heterocycles. The van der Waals surface area contributed by atoms with Crippen LogP contribution in [-0.2, 0) is 9.53 Å². The first-order valence-corrected chi connectivity index (χ1v) is 5.04. The number of ether oxygens (including phenoxy) is 1. The summed E-state index contributed by atoms with van der Waals surface area (Å²) in [5, 5.41) is 2.80. The van der Waals surface area contributed by atoms with Crippen LogP contribution in [0.3, 0.4) is 0 Å². The number of rotatable bonds is 7. The molecular formula is C10H21NO2. The molecule has 0 aliphatic heterocycles. The fourth-order valence-corrected chi connectivity index (χ4v) is 0.799. The van der Waals surface area contributed by atoms with Gasteiger partial charge in [0.05, 0.1) is 6.61 Å². The quantitative estimate of drug-likeness (QED) is 0.614.